The van der Waals surface area contributed by atoms with Gasteiger partial charge in [-0.15, -0.1) is 0 Å². The highest BCUT2D eigenvalue weighted by atomic mass is 16.6. The molecule has 4 aromatic rings. The number of nitrogens with one attached hydrogen (secondary N) is 3. The first-order valence-corrected chi connectivity index (χ1v) is 16.7. The molecule has 0 aliphatic carbocycles. The average molecular weight is 742 g/mol. The van der Waals surface area contributed by atoms with E-state index in [1.807, 2.05) is 0 Å². The van der Waals surface area contributed by atoms with E-state index in [1.165, 1.54) is 18.2 Å². The zero-order chi connectivity index (χ0) is 38.9. The van der Waals surface area contributed by atoms with Gasteiger partial charge in [-0.1, -0.05) is 109 Å². The Morgan fingerprint density at radius 1 is 0.407 bits per heavy atom. The molecule has 0 aromatic heterocycles. The molecular weight excluding hydrogens is 702 g/mol. The molecule has 15 heteroatoms. The molecular formula is C39H39N3O12. The third kappa shape index (κ3) is 13.7. The number of carbonyl (C=O) groups excluding carboxylic acids is 3. The van der Waals surface area contributed by atoms with Crippen LogP contribution in [-0.4, -0.2) is 69.6 Å². The Kier molecular flexibility index (Phi) is 14.9. The Hall–Kier alpha value is -6.90. The fourth-order valence-corrected chi connectivity index (χ4v) is 5.22. The first kappa shape index (κ1) is 39.9. The van der Waals surface area contributed by atoms with Crippen molar-refractivity contribution in [3.8, 4) is 0 Å². The van der Waals surface area contributed by atoms with Crippen LogP contribution >= 0.6 is 0 Å². The van der Waals surface area contributed by atoms with E-state index in [0.717, 1.165) is 0 Å². The third-order valence-electron chi connectivity index (χ3n) is 7.84. The predicted octanol–water partition coefficient (Wildman–Crippen LogP) is 4.45. The number of carboxylic acids is 3. The molecule has 3 atom stereocenters. The molecule has 3 amide bonds. The lowest BCUT2D eigenvalue weighted by molar-refractivity contribution is -0.140. The number of aliphatic carboxylic acids is 3. The van der Waals surface area contributed by atoms with Crippen molar-refractivity contribution in [2.45, 2.75) is 57.2 Å². The minimum Gasteiger partial charge on any atom is -0.480 e. The van der Waals surface area contributed by atoms with E-state index in [4.69, 9.17) is 14.2 Å². The van der Waals surface area contributed by atoms with Gasteiger partial charge in [0.15, 0.2) is 0 Å². The second-order valence-corrected chi connectivity index (χ2v) is 12.1. The van der Waals surface area contributed by atoms with Crippen molar-refractivity contribution in [2.24, 2.45) is 0 Å². The van der Waals surface area contributed by atoms with Gasteiger partial charge in [0, 0.05) is 19.3 Å². The lowest BCUT2D eigenvalue weighted by Crippen LogP contribution is -2.43. The molecule has 0 aliphatic rings. The van der Waals surface area contributed by atoms with Gasteiger partial charge in [-0.25, -0.2) is 28.8 Å². The SMILES string of the molecule is O=C(N[C@@H](Cc1cc(C[C@H](NC(=O)OCc2ccccc2)C(=O)O)cc(C[C@H](NC(=O)OCc2ccccc2)C(=O)O)c1)C(=O)O)OCc1ccccc1. The molecule has 282 valence electrons. The van der Waals surface area contributed by atoms with Gasteiger partial charge in [0.1, 0.15) is 37.9 Å². The first-order valence-electron chi connectivity index (χ1n) is 16.7. The quantitative estimate of drug-likeness (QED) is 0.0778. The van der Waals surface area contributed by atoms with Gasteiger partial charge < -0.3 is 45.5 Å². The van der Waals surface area contributed by atoms with Gasteiger partial charge in [-0.3, -0.25) is 0 Å². The van der Waals surface area contributed by atoms with E-state index < -0.39 is 54.3 Å². The number of alkyl carbamates (subject to hydrolysis) is 3. The number of hydrogen-bond donors (Lipinski definition) is 6. The summed E-state index contributed by atoms with van der Waals surface area (Å²) >= 11 is 0. The molecule has 0 saturated carbocycles. The Labute approximate surface area is 309 Å². The third-order valence-corrected chi connectivity index (χ3v) is 7.84. The van der Waals surface area contributed by atoms with Crippen LogP contribution < -0.4 is 16.0 Å². The lowest BCUT2D eigenvalue weighted by Gasteiger charge is -2.20. The Morgan fingerprint density at radius 2 is 0.648 bits per heavy atom. The molecule has 54 heavy (non-hydrogen) atoms. The molecule has 6 N–H and O–H groups in total. The normalized spacial score (nSPS) is 12.2. The summed E-state index contributed by atoms with van der Waals surface area (Å²) in [5.41, 5.74) is 2.83. The number of benzene rings is 4. The number of amides is 3. The van der Waals surface area contributed by atoms with Gasteiger partial charge in [-0.05, 0) is 33.4 Å². The highest BCUT2D eigenvalue weighted by Gasteiger charge is 2.26. The summed E-state index contributed by atoms with van der Waals surface area (Å²) in [7, 11) is 0. The summed E-state index contributed by atoms with van der Waals surface area (Å²) in [4.78, 5) is 74.4. The highest BCUT2D eigenvalue weighted by Crippen LogP contribution is 2.18. The van der Waals surface area contributed by atoms with Gasteiger partial charge in [0.25, 0.3) is 0 Å². The number of rotatable bonds is 18. The second-order valence-electron chi connectivity index (χ2n) is 12.1. The molecule has 15 nitrogen and oxygen atoms in total. The van der Waals surface area contributed by atoms with Crippen LogP contribution in [0.4, 0.5) is 14.4 Å². The standard InChI is InChI=1S/C39H39N3O12/c43-34(44)31(40-37(49)52-22-25-10-4-1-5-11-25)19-28-16-29(20-32(35(45)46)41-38(50)53-23-26-12-6-2-7-13-26)18-30(17-28)21-33(36(47)48)42-39(51)54-24-27-14-8-3-9-15-27/h1-18,31-33H,19-24H2,(H,40,49)(H,41,50)(H,42,51)(H,43,44)(H,45,46)(H,47,48)/t31-,32-,33-/m0/s1. The van der Waals surface area contributed by atoms with Crippen LogP contribution in [0.1, 0.15) is 33.4 Å². The molecule has 0 saturated heterocycles. The largest absolute Gasteiger partial charge is 0.480 e. The summed E-state index contributed by atoms with van der Waals surface area (Å²) in [5, 5.41) is 36.8. The van der Waals surface area contributed by atoms with Crippen LogP contribution in [0, 0.1) is 0 Å². The van der Waals surface area contributed by atoms with Crippen molar-refractivity contribution >= 4 is 36.2 Å². The van der Waals surface area contributed by atoms with E-state index in [2.05, 4.69) is 16.0 Å². The molecule has 4 rings (SSSR count). The maximum Gasteiger partial charge on any atom is 0.408 e. The van der Waals surface area contributed by atoms with Gasteiger partial charge >= 0.3 is 36.2 Å². The molecule has 0 bridgehead atoms. The second kappa shape index (κ2) is 20.2. The van der Waals surface area contributed by atoms with Gasteiger partial charge in [0.2, 0.25) is 0 Å². The smallest absolute Gasteiger partial charge is 0.408 e. The highest BCUT2D eigenvalue weighted by molar-refractivity contribution is 5.82. The topological polar surface area (TPSA) is 227 Å². The van der Waals surface area contributed by atoms with E-state index in [9.17, 15) is 44.1 Å². The average Bonchev–Trinajstić information content (AvgIpc) is 3.15. The number of hydrogen-bond acceptors (Lipinski definition) is 9. The van der Waals surface area contributed by atoms with Crippen LogP contribution in [0.3, 0.4) is 0 Å². The van der Waals surface area contributed by atoms with Crippen molar-refractivity contribution in [3.05, 3.63) is 143 Å². The molecule has 0 radical (unpaired) electrons. The van der Waals surface area contributed by atoms with Crippen LogP contribution in [0.2, 0.25) is 0 Å². The zero-order valence-corrected chi connectivity index (χ0v) is 28.9. The van der Waals surface area contributed by atoms with E-state index in [-0.39, 0.29) is 55.8 Å². The zero-order valence-electron chi connectivity index (χ0n) is 28.9. The number of carbonyl (C=O) groups is 6. The van der Waals surface area contributed by atoms with E-state index in [0.29, 0.717) is 16.7 Å². The molecule has 0 unspecified atom stereocenters. The summed E-state index contributed by atoms with van der Waals surface area (Å²) in [5.74, 6) is -4.22. The lowest BCUT2D eigenvalue weighted by atomic mass is 9.94. The Bertz CT molecular complexity index is 1660. The van der Waals surface area contributed by atoms with Crippen LogP contribution in [0.25, 0.3) is 0 Å². The molecule has 4 aromatic carbocycles. The van der Waals surface area contributed by atoms with Gasteiger partial charge in [-0.2, -0.15) is 0 Å². The predicted molar refractivity (Wildman–Crippen MR) is 191 cm³/mol. The van der Waals surface area contributed by atoms with Crippen molar-refractivity contribution in [2.75, 3.05) is 0 Å². The number of ether oxygens (including phenoxy) is 3. The Morgan fingerprint density at radius 3 is 0.870 bits per heavy atom. The van der Waals surface area contributed by atoms with E-state index >= 15 is 0 Å². The molecule has 0 aliphatic heterocycles. The van der Waals surface area contributed by atoms with Crippen LogP contribution in [0.15, 0.2) is 109 Å². The molecule has 0 fully saturated rings. The Balaban J connectivity index is 1.53. The first-order chi connectivity index (χ1) is 25.9. The van der Waals surface area contributed by atoms with Crippen molar-refractivity contribution in [3.63, 3.8) is 0 Å². The van der Waals surface area contributed by atoms with Crippen molar-refractivity contribution in [1.82, 2.24) is 16.0 Å². The van der Waals surface area contributed by atoms with E-state index in [1.54, 1.807) is 91.0 Å². The van der Waals surface area contributed by atoms with Crippen molar-refractivity contribution in [1.29, 1.82) is 0 Å². The van der Waals surface area contributed by atoms with Gasteiger partial charge in [0.05, 0.1) is 0 Å². The van der Waals surface area contributed by atoms with Crippen LogP contribution in [-0.2, 0) is 67.7 Å². The van der Waals surface area contributed by atoms with Crippen LogP contribution in [0.5, 0.6) is 0 Å². The number of carboxylic acid groups (broad SMARTS) is 3. The monoisotopic (exact) mass is 741 g/mol. The minimum atomic E-state index is -1.51. The fourth-order valence-electron chi connectivity index (χ4n) is 5.22. The summed E-state index contributed by atoms with van der Waals surface area (Å²) in [6, 6.07) is 26.0. The summed E-state index contributed by atoms with van der Waals surface area (Å²) < 4.78 is 15.5. The van der Waals surface area contributed by atoms with Crippen molar-refractivity contribution < 1.29 is 58.3 Å². The summed E-state index contributed by atoms with van der Waals surface area (Å²) in [6.07, 6.45) is -4.00. The maximum atomic E-state index is 12.6. The minimum absolute atomic E-state index is 0.118. The fraction of sp³-hybridized carbons (Fsp3) is 0.231. The molecule has 0 spiro atoms. The summed E-state index contributed by atoms with van der Waals surface area (Å²) in [6.45, 7) is -0.353. The maximum absolute atomic E-state index is 12.6. The molecule has 0 heterocycles.